The molecule has 0 atom stereocenters. The van der Waals surface area contributed by atoms with Crippen molar-refractivity contribution in [2.24, 2.45) is 0 Å². The molecule has 0 aromatic heterocycles. The van der Waals surface area contributed by atoms with Crippen molar-refractivity contribution < 1.29 is 0 Å². The SMILES string of the molecule is CC1(C)c2ccc(-c3c4ccccc4c(-c4cccc5c4ccc4ccccc45)c4ccccc34)cc2-c2ccc3ccccc3c21. The van der Waals surface area contributed by atoms with Gasteiger partial charge in [-0.25, -0.2) is 0 Å². The molecule has 0 saturated heterocycles. The van der Waals surface area contributed by atoms with E-state index in [2.05, 4.69) is 172 Å². The topological polar surface area (TPSA) is 0 Å². The molecule has 0 bridgehead atoms. The zero-order chi connectivity index (χ0) is 31.3. The van der Waals surface area contributed by atoms with E-state index in [9.17, 15) is 0 Å². The van der Waals surface area contributed by atoms with Crippen LogP contribution in [-0.4, -0.2) is 0 Å². The minimum Gasteiger partial charge on any atom is -0.0616 e. The van der Waals surface area contributed by atoms with Crippen LogP contribution in [0.1, 0.15) is 25.0 Å². The lowest BCUT2D eigenvalue weighted by Gasteiger charge is -2.23. The van der Waals surface area contributed by atoms with E-state index >= 15 is 0 Å². The van der Waals surface area contributed by atoms with Gasteiger partial charge in [-0.2, -0.15) is 0 Å². The number of rotatable bonds is 2. The quantitative estimate of drug-likeness (QED) is 0.138. The smallest absolute Gasteiger partial charge is 0.0165 e. The average molecular weight is 597 g/mol. The Balaban J connectivity index is 1.28. The van der Waals surface area contributed by atoms with Gasteiger partial charge in [0.2, 0.25) is 0 Å². The van der Waals surface area contributed by atoms with Gasteiger partial charge in [-0.05, 0) is 104 Å². The Labute approximate surface area is 274 Å². The van der Waals surface area contributed by atoms with Gasteiger partial charge in [0.25, 0.3) is 0 Å². The minimum atomic E-state index is -0.0728. The van der Waals surface area contributed by atoms with Crippen molar-refractivity contribution in [1.82, 2.24) is 0 Å². The van der Waals surface area contributed by atoms with Crippen LogP contribution in [0.25, 0.3) is 87.2 Å². The van der Waals surface area contributed by atoms with Gasteiger partial charge in [0.05, 0.1) is 0 Å². The van der Waals surface area contributed by atoms with Crippen molar-refractivity contribution in [1.29, 1.82) is 0 Å². The second kappa shape index (κ2) is 9.64. The van der Waals surface area contributed by atoms with E-state index in [0.29, 0.717) is 0 Å². The second-order valence-corrected chi connectivity index (χ2v) is 13.6. The first-order chi connectivity index (χ1) is 23.1. The number of hydrogen-bond acceptors (Lipinski definition) is 0. The highest BCUT2D eigenvalue weighted by Gasteiger charge is 2.37. The highest BCUT2D eigenvalue weighted by atomic mass is 14.4. The third kappa shape index (κ3) is 3.64. The predicted octanol–water partition coefficient (Wildman–Crippen LogP) is 13.1. The van der Waals surface area contributed by atoms with Crippen molar-refractivity contribution in [2.45, 2.75) is 19.3 Å². The fourth-order valence-electron chi connectivity index (χ4n) is 8.76. The van der Waals surface area contributed by atoms with Crippen LogP contribution in [0.15, 0.2) is 158 Å². The van der Waals surface area contributed by atoms with Crippen molar-refractivity contribution in [2.75, 3.05) is 0 Å². The molecule has 47 heavy (non-hydrogen) atoms. The Bertz CT molecular complexity index is 2700. The standard InChI is InChI=1S/C47H32/c1-47(2)43-27-24-31(28-42(43)41-26-23-30-13-4-6-15-33(30)46(41)47)44-37-16-7-9-18-39(37)45(40-19-10-8-17-38(40)44)36-21-11-20-34-32-14-5-3-12-29(32)22-25-35(34)36/h3-28H,1-2H3. The van der Waals surface area contributed by atoms with Crippen molar-refractivity contribution in [3.8, 4) is 33.4 Å². The molecule has 0 aliphatic heterocycles. The van der Waals surface area contributed by atoms with Crippen molar-refractivity contribution in [3.63, 3.8) is 0 Å². The molecule has 0 amide bonds. The largest absolute Gasteiger partial charge is 0.0616 e. The first kappa shape index (κ1) is 26.5. The minimum absolute atomic E-state index is 0.0728. The molecule has 0 heteroatoms. The molecule has 0 nitrogen and oxygen atoms in total. The monoisotopic (exact) mass is 596 g/mol. The Morgan fingerprint density at radius 2 is 0.894 bits per heavy atom. The van der Waals surface area contributed by atoms with Crippen LogP contribution in [0, 0.1) is 0 Å². The molecule has 9 aromatic rings. The molecule has 0 heterocycles. The zero-order valence-corrected chi connectivity index (χ0v) is 26.5. The molecule has 220 valence electrons. The molecular weight excluding hydrogens is 565 g/mol. The van der Waals surface area contributed by atoms with E-state index < -0.39 is 0 Å². The molecule has 9 aromatic carbocycles. The first-order valence-electron chi connectivity index (χ1n) is 16.6. The molecule has 0 N–H and O–H groups in total. The fraction of sp³-hybridized carbons (Fsp3) is 0.0638. The van der Waals surface area contributed by atoms with Gasteiger partial charge in [-0.3, -0.25) is 0 Å². The van der Waals surface area contributed by atoms with Crippen LogP contribution in [0.5, 0.6) is 0 Å². The van der Waals surface area contributed by atoms with Gasteiger partial charge in [0.15, 0.2) is 0 Å². The molecule has 0 unspecified atom stereocenters. The van der Waals surface area contributed by atoms with Crippen molar-refractivity contribution in [3.05, 3.63) is 169 Å². The third-order valence-electron chi connectivity index (χ3n) is 10.8. The van der Waals surface area contributed by atoms with E-state index in [1.165, 1.54) is 98.4 Å². The fourth-order valence-corrected chi connectivity index (χ4v) is 8.76. The summed E-state index contributed by atoms with van der Waals surface area (Å²) in [4.78, 5) is 0. The van der Waals surface area contributed by atoms with Crippen LogP contribution < -0.4 is 0 Å². The van der Waals surface area contributed by atoms with Crippen LogP contribution in [0.3, 0.4) is 0 Å². The summed E-state index contributed by atoms with van der Waals surface area (Å²) < 4.78 is 0. The van der Waals surface area contributed by atoms with Crippen LogP contribution in [0.4, 0.5) is 0 Å². The summed E-state index contributed by atoms with van der Waals surface area (Å²) in [7, 11) is 0. The van der Waals surface area contributed by atoms with Crippen molar-refractivity contribution >= 4 is 53.9 Å². The molecule has 0 saturated carbocycles. The molecule has 0 spiro atoms. The summed E-state index contributed by atoms with van der Waals surface area (Å²) in [5.41, 5.74) is 10.6. The first-order valence-corrected chi connectivity index (χ1v) is 16.6. The normalized spacial score (nSPS) is 13.5. The van der Waals surface area contributed by atoms with Crippen LogP contribution >= 0.6 is 0 Å². The lowest BCUT2D eigenvalue weighted by molar-refractivity contribution is 0.666. The molecule has 0 radical (unpaired) electrons. The highest BCUT2D eigenvalue weighted by molar-refractivity contribution is 6.25. The predicted molar refractivity (Wildman–Crippen MR) is 202 cm³/mol. The molecule has 1 aliphatic carbocycles. The van der Waals surface area contributed by atoms with Crippen LogP contribution in [0.2, 0.25) is 0 Å². The van der Waals surface area contributed by atoms with Gasteiger partial charge in [-0.1, -0.05) is 166 Å². The molecular formula is C47H32. The van der Waals surface area contributed by atoms with Gasteiger partial charge >= 0.3 is 0 Å². The van der Waals surface area contributed by atoms with E-state index in [1.54, 1.807) is 0 Å². The lowest BCUT2D eigenvalue weighted by atomic mass is 9.79. The number of hydrogen-bond donors (Lipinski definition) is 0. The lowest BCUT2D eigenvalue weighted by Crippen LogP contribution is -2.15. The molecule has 10 rings (SSSR count). The summed E-state index contributed by atoms with van der Waals surface area (Å²) in [5.74, 6) is 0. The van der Waals surface area contributed by atoms with E-state index in [4.69, 9.17) is 0 Å². The van der Waals surface area contributed by atoms with Gasteiger partial charge in [-0.15, -0.1) is 0 Å². The maximum Gasteiger partial charge on any atom is 0.0165 e. The Kier molecular flexibility index (Phi) is 5.44. The Morgan fingerprint density at radius 1 is 0.340 bits per heavy atom. The van der Waals surface area contributed by atoms with E-state index in [0.717, 1.165) is 0 Å². The summed E-state index contributed by atoms with van der Waals surface area (Å²) in [6.07, 6.45) is 0. The summed E-state index contributed by atoms with van der Waals surface area (Å²) in [6.45, 7) is 4.77. The third-order valence-corrected chi connectivity index (χ3v) is 10.8. The Hall–Kier alpha value is -5.72. The summed E-state index contributed by atoms with van der Waals surface area (Å²) >= 11 is 0. The summed E-state index contributed by atoms with van der Waals surface area (Å²) in [6, 6.07) is 58.9. The van der Waals surface area contributed by atoms with E-state index in [1.807, 2.05) is 0 Å². The van der Waals surface area contributed by atoms with Gasteiger partial charge in [0, 0.05) is 5.41 Å². The highest BCUT2D eigenvalue weighted by Crippen LogP contribution is 2.53. The van der Waals surface area contributed by atoms with Gasteiger partial charge < -0.3 is 0 Å². The summed E-state index contributed by atoms with van der Waals surface area (Å²) in [5, 5.41) is 13.0. The van der Waals surface area contributed by atoms with Gasteiger partial charge in [0.1, 0.15) is 0 Å². The average Bonchev–Trinajstić information content (AvgIpc) is 3.36. The zero-order valence-electron chi connectivity index (χ0n) is 26.5. The van der Waals surface area contributed by atoms with E-state index in [-0.39, 0.29) is 5.41 Å². The second-order valence-electron chi connectivity index (χ2n) is 13.6. The number of benzene rings is 9. The number of fused-ring (bicyclic) bond motifs is 10. The molecule has 0 fully saturated rings. The van der Waals surface area contributed by atoms with Crippen LogP contribution in [-0.2, 0) is 5.41 Å². The Morgan fingerprint density at radius 3 is 1.60 bits per heavy atom. The maximum atomic E-state index is 2.47. The maximum absolute atomic E-state index is 2.47. The molecule has 1 aliphatic rings.